The van der Waals surface area contributed by atoms with Crippen LogP contribution in [0.5, 0.6) is 0 Å². The van der Waals surface area contributed by atoms with Crippen LogP contribution in [0.1, 0.15) is 40.0 Å². The first kappa shape index (κ1) is 11.1. The lowest BCUT2D eigenvalue weighted by molar-refractivity contribution is -0.121. The van der Waals surface area contributed by atoms with Gasteiger partial charge in [-0.1, -0.05) is 27.2 Å². The van der Waals surface area contributed by atoms with Gasteiger partial charge < -0.3 is 0 Å². The minimum Gasteiger partial charge on any atom is -0.273 e. The topological polar surface area (TPSA) is 41.5 Å². The second-order valence-corrected chi connectivity index (χ2v) is 3.16. The Labute approximate surface area is 74.2 Å². The standard InChI is InChI=1S/C9H18N2O/c1-4-5-6-9(12)11-10-7-8(2)3/h7-8H,4-6H2,1-3H3,(H,11,12). The third kappa shape index (κ3) is 7.25. The average Bonchev–Trinajstić information content (AvgIpc) is 2.00. The van der Waals surface area contributed by atoms with Crippen molar-refractivity contribution in [3.63, 3.8) is 0 Å². The van der Waals surface area contributed by atoms with Gasteiger partial charge in [0.2, 0.25) is 5.91 Å². The molecule has 0 atom stereocenters. The van der Waals surface area contributed by atoms with Crippen LogP contribution >= 0.6 is 0 Å². The Morgan fingerprint density at radius 3 is 2.75 bits per heavy atom. The van der Waals surface area contributed by atoms with Crippen molar-refractivity contribution in [1.82, 2.24) is 5.43 Å². The summed E-state index contributed by atoms with van der Waals surface area (Å²) < 4.78 is 0. The van der Waals surface area contributed by atoms with Gasteiger partial charge in [-0.3, -0.25) is 4.79 Å². The van der Waals surface area contributed by atoms with E-state index in [1.54, 1.807) is 6.21 Å². The van der Waals surface area contributed by atoms with E-state index >= 15 is 0 Å². The second kappa shape index (κ2) is 6.83. The summed E-state index contributed by atoms with van der Waals surface area (Å²) in [5, 5.41) is 3.80. The summed E-state index contributed by atoms with van der Waals surface area (Å²) in [7, 11) is 0. The maximum atomic E-state index is 11.0. The van der Waals surface area contributed by atoms with Crippen LogP contribution in [0.15, 0.2) is 5.10 Å². The number of carbonyl (C=O) groups is 1. The SMILES string of the molecule is CCCCC(=O)NN=CC(C)C. The summed E-state index contributed by atoms with van der Waals surface area (Å²) in [6.45, 7) is 6.09. The molecule has 0 aromatic rings. The van der Waals surface area contributed by atoms with Crippen LogP contribution < -0.4 is 5.43 Å². The molecule has 0 heterocycles. The predicted octanol–water partition coefficient (Wildman–Crippen LogP) is 1.93. The molecule has 0 radical (unpaired) electrons. The van der Waals surface area contributed by atoms with Crippen molar-refractivity contribution in [3.05, 3.63) is 0 Å². The zero-order valence-corrected chi connectivity index (χ0v) is 8.13. The molecule has 3 heteroatoms. The van der Waals surface area contributed by atoms with Crippen molar-refractivity contribution in [2.24, 2.45) is 11.0 Å². The largest absolute Gasteiger partial charge is 0.273 e. The van der Waals surface area contributed by atoms with Gasteiger partial charge >= 0.3 is 0 Å². The number of hydrazone groups is 1. The molecule has 1 N–H and O–H groups in total. The number of hydrogen-bond donors (Lipinski definition) is 1. The highest BCUT2D eigenvalue weighted by molar-refractivity contribution is 5.76. The van der Waals surface area contributed by atoms with Gasteiger partial charge in [-0.2, -0.15) is 5.10 Å². The molecule has 0 rings (SSSR count). The molecule has 0 saturated heterocycles. The van der Waals surface area contributed by atoms with E-state index in [4.69, 9.17) is 0 Å². The Bertz CT molecular complexity index is 153. The van der Waals surface area contributed by atoms with Crippen LogP contribution in [0.2, 0.25) is 0 Å². The summed E-state index contributed by atoms with van der Waals surface area (Å²) in [6, 6.07) is 0. The summed E-state index contributed by atoms with van der Waals surface area (Å²) in [4.78, 5) is 11.0. The molecular weight excluding hydrogens is 152 g/mol. The number of amides is 1. The molecular formula is C9H18N2O. The molecule has 1 amide bonds. The lowest BCUT2D eigenvalue weighted by Gasteiger charge is -1.98. The monoisotopic (exact) mass is 170 g/mol. The molecule has 0 unspecified atom stereocenters. The fourth-order valence-corrected chi connectivity index (χ4v) is 0.652. The molecule has 0 aliphatic heterocycles. The van der Waals surface area contributed by atoms with Crippen molar-refractivity contribution >= 4 is 12.1 Å². The van der Waals surface area contributed by atoms with E-state index in [0.29, 0.717) is 12.3 Å². The number of nitrogens with zero attached hydrogens (tertiary/aromatic N) is 1. The van der Waals surface area contributed by atoms with Gasteiger partial charge in [-0.05, 0) is 12.3 Å². The predicted molar refractivity (Wildman–Crippen MR) is 51.0 cm³/mol. The Balaban J connectivity index is 3.43. The van der Waals surface area contributed by atoms with Gasteiger partial charge in [-0.25, -0.2) is 5.43 Å². The molecule has 0 aromatic heterocycles. The number of nitrogens with one attached hydrogen (secondary N) is 1. The van der Waals surface area contributed by atoms with Crippen molar-refractivity contribution in [2.45, 2.75) is 40.0 Å². The maximum Gasteiger partial charge on any atom is 0.240 e. The summed E-state index contributed by atoms with van der Waals surface area (Å²) in [5.41, 5.74) is 2.48. The fraction of sp³-hybridized carbons (Fsp3) is 0.778. The average molecular weight is 170 g/mol. The minimum atomic E-state index is 0.00810. The third-order valence-corrected chi connectivity index (χ3v) is 1.32. The quantitative estimate of drug-likeness (QED) is 0.497. The van der Waals surface area contributed by atoms with Crippen LogP contribution in [0.25, 0.3) is 0 Å². The summed E-state index contributed by atoms with van der Waals surface area (Å²) in [6.07, 6.45) is 4.28. The molecule has 70 valence electrons. The molecule has 0 saturated carbocycles. The van der Waals surface area contributed by atoms with E-state index in [1.807, 2.05) is 13.8 Å². The van der Waals surface area contributed by atoms with Crippen LogP contribution in [0.4, 0.5) is 0 Å². The van der Waals surface area contributed by atoms with Gasteiger partial charge in [0.05, 0.1) is 0 Å². The van der Waals surface area contributed by atoms with Crippen molar-refractivity contribution in [1.29, 1.82) is 0 Å². The van der Waals surface area contributed by atoms with Crippen LogP contribution in [0, 0.1) is 5.92 Å². The number of rotatable bonds is 5. The first-order chi connectivity index (χ1) is 5.66. The van der Waals surface area contributed by atoms with Crippen LogP contribution in [-0.4, -0.2) is 12.1 Å². The zero-order chi connectivity index (χ0) is 9.40. The van der Waals surface area contributed by atoms with Gasteiger partial charge in [0.15, 0.2) is 0 Å². The lowest BCUT2D eigenvalue weighted by atomic mass is 10.2. The van der Waals surface area contributed by atoms with Crippen LogP contribution in [0.3, 0.4) is 0 Å². The van der Waals surface area contributed by atoms with E-state index in [0.717, 1.165) is 12.8 Å². The van der Waals surface area contributed by atoms with E-state index in [9.17, 15) is 4.79 Å². The maximum absolute atomic E-state index is 11.0. The number of hydrogen-bond acceptors (Lipinski definition) is 2. The molecule has 0 bridgehead atoms. The molecule has 0 spiro atoms. The Morgan fingerprint density at radius 1 is 1.58 bits per heavy atom. The normalized spacial score (nSPS) is 11.0. The molecule has 12 heavy (non-hydrogen) atoms. The smallest absolute Gasteiger partial charge is 0.240 e. The van der Waals surface area contributed by atoms with Gasteiger partial charge in [-0.15, -0.1) is 0 Å². The van der Waals surface area contributed by atoms with Crippen molar-refractivity contribution in [3.8, 4) is 0 Å². The summed E-state index contributed by atoms with van der Waals surface area (Å²) >= 11 is 0. The highest BCUT2D eigenvalue weighted by Crippen LogP contribution is 1.92. The van der Waals surface area contributed by atoms with Gasteiger partial charge in [0, 0.05) is 12.6 Å². The van der Waals surface area contributed by atoms with E-state index < -0.39 is 0 Å². The molecule has 0 aromatic carbocycles. The zero-order valence-electron chi connectivity index (χ0n) is 8.13. The number of carbonyl (C=O) groups excluding carboxylic acids is 1. The Hall–Kier alpha value is -0.860. The third-order valence-electron chi connectivity index (χ3n) is 1.32. The highest BCUT2D eigenvalue weighted by atomic mass is 16.2. The van der Waals surface area contributed by atoms with Crippen molar-refractivity contribution in [2.75, 3.05) is 0 Å². The molecule has 0 fully saturated rings. The Kier molecular flexibility index (Phi) is 6.34. The fourth-order valence-electron chi connectivity index (χ4n) is 0.652. The van der Waals surface area contributed by atoms with E-state index in [1.165, 1.54) is 0 Å². The molecule has 3 nitrogen and oxygen atoms in total. The highest BCUT2D eigenvalue weighted by Gasteiger charge is 1.96. The van der Waals surface area contributed by atoms with Gasteiger partial charge in [0.1, 0.15) is 0 Å². The molecule has 0 aliphatic carbocycles. The van der Waals surface area contributed by atoms with E-state index in [-0.39, 0.29) is 5.91 Å². The first-order valence-electron chi connectivity index (χ1n) is 4.48. The lowest BCUT2D eigenvalue weighted by Crippen LogP contribution is -2.17. The van der Waals surface area contributed by atoms with Gasteiger partial charge in [0.25, 0.3) is 0 Å². The first-order valence-corrected chi connectivity index (χ1v) is 4.48. The minimum absolute atomic E-state index is 0.00810. The number of unbranched alkanes of at least 4 members (excludes halogenated alkanes) is 1. The van der Waals surface area contributed by atoms with Crippen LogP contribution in [-0.2, 0) is 4.79 Å². The summed E-state index contributed by atoms with van der Waals surface area (Å²) in [5.74, 6) is 0.394. The van der Waals surface area contributed by atoms with Crippen molar-refractivity contribution < 1.29 is 4.79 Å². The second-order valence-electron chi connectivity index (χ2n) is 3.16. The molecule has 0 aliphatic rings. The van der Waals surface area contributed by atoms with E-state index in [2.05, 4.69) is 17.5 Å². The Morgan fingerprint density at radius 2 is 2.25 bits per heavy atom.